The van der Waals surface area contributed by atoms with Crippen LogP contribution in [0.5, 0.6) is 0 Å². The summed E-state index contributed by atoms with van der Waals surface area (Å²) in [7, 11) is 0. The number of ether oxygens (including phenoxy) is 2. The molecule has 22 heavy (non-hydrogen) atoms. The summed E-state index contributed by atoms with van der Waals surface area (Å²) < 4.78 is 11.9. The molecule has 5 heteroatoms. The summed E-state index contributed by atoms with van der Waals surface area (Å²) in [4.78, 5) is 11.7. The van der Waals surface area contributed by atoms with Gasteiger partial charge in [-0.05, 0) is 32.1 Å². The Hall–Kier alpha value is -0.720. The second-order valence-corrected chi connectivity index (χ2v) is 7.17. The lowest BCUT2D eigenvalue weighted by Crippen LogP contribution is -2.70. The molecule has 4 aliphatic heterocycles. The van der Waals surface area contributed by atoms with Gasteiger partial charge in [0, 0.05) is 24.2 Å². The van der Waals surface area contributed by atoms with Crippen molar-refractivity contribution in [3.05, 3.63) is 25.3 Å². The average Bonchev–Trinajstić information content (AvgIpc) is 2.73. The normalized spacial score (nSPS) is 56.8. The SMILES string of the molecule is C=CC1CCC2[C@@H](C=C)[C@H](O)O[C@@H]3OC4(C)CCC1[C@@]23OO4. The minimum absolute atomic E-state index is 0.0719. The lowest BCUT2D eigenvalue weighted by atomic mass is 9.57. The van der Waals surface area contributed by atoms with E-state index in [9.17, 15) is 5.11 Å². The third kappa shape index (κ3) is 1.77. The summed E-state index contributed by atoms with van der Waals surface area (Å²) in [6, 6.07) is 0. The third-order valence-corrected chi connectivity index (χ3v) is 6.12. The van der Waals surface area contributed by atoms with Crippen LogP contribution in [0.1, 0.15) is 32.6 Å². The molecule has 0 aromatic heterocycles. The van der Waals surface area contributed by atoms with E-state index in [0.29, 0.717) is 5.92 Å². The van der Waals surface area contributed by atoms with E-state index in [2.05, 4.69) is 13.2 Å². The van der Waals surface area contributed by atoms with Gasteiger partial charge >= 0.3 is 0 Å². The summed E-state index contributed by atoms with van der Waals surface area (Å²) >= 11 is 0. The maximum Gasteiger partial charge on any atom is 0.201 e. The van der Waals surface area contributed by atoms with Crippen molar-refractivity contribution < 1.29 is 24.4 Å². The van der Waals surface area contributed by atoms with Crippen molar-refractivity contribution in [3.63, 3.8) is 0 Å². The first-order valence-electron chi connectivity index (χ1n) is 8.17. The van der Waals surface area contributed by atoms with Gasteiger partial charge in [-0.25, -0.2) is 9.78 Å². The molecule has 122 valence electrons. The van der Waals surface area contributed by atoms with Crippen molar-refractivity contribution in [2.24, 2.45) is 23.7 Å². The summed E-state index contributed by atoms with van der Waals surface area (Å²) in [6.45, 7) is 9.75. The fourth-order valence-electron chi connectivity index (χ4n) is 4.98. The molecule has 5 aliphatic rings. The molecule has 1 aliphatic carbocycles. The van der Waals surface area contributed by atoms with Crippen LogP contribution in [0.3, 0.4) is 0 Å². The quantitative estimate of drug-likeness (QED) is 0.627. The van der Waals surface area contributed by atoms with Crippen molar-refractivity contribution in [2.75, 3.05) is 0 Å². The molecule has 0 amide bonds. The Labute approximate surface area is 130 Å². The van der Waals surface area contributed by atoms with Crippen molar-refractivity contribution in [1.82, 2.24) is 0 Å². The van der Waals surface area contributed by atoms with Gasteiger partial charge < -0.3 is 14.6 Å². The molecule has 4 saturated heterocycles. The maximum absolute atomic E-state index is 10.4. The van der Waals surface area contributed by atoms with Crippen LogP contribution in [0.4, 0.5) is 0 Å². The molecule has 5 fully saturated rings. The Bertz CT molecular complexity index is 489. The number of rotatable bonds is 2. The Balaban J connectivity index is 1.83. The molecule has 0 aromatic rings. The maximum atomic E-state index is 10.4. The van der Waals surface area contributed by atoms with Crippen LogP contribution < -0.4 is 0 Å². The zero-order valence-electron chi connectivity index (χ0n) is 12.9. The van der Waals surface area contributed by atoms with E-state index in [1.165, 1.54) is 0 Å². The van der Waals surface area contributed by atoms with Gasteiger partial charge in [0.25, 0.3) is 0 Å². The van der Waals surface area contributed by atoms with Gasteiger partial charge in [0.15, 0.2) is 18.2 Å². The van der Waals surface area contributed by atoms with Gasteiger partial charge in [-0.3, -0.25) is 0 Å². The third-order valence-electron chi connectivity index (χ3n) is 6.12. The van der Waals surface area contributed by atoms with Crippen LogP contribution in [0.25, 0.3) is 0 Å². The van der Waals surface area contributed by atoms with Gasteiger partial charge in [0.05, 0.1) is 0 Å². The van der Waals surface area contributed by atoms with E-state index < -0.39 is 24.0 Å². The predicted octanol–water partition coefficient (Wildman–Crippen LogP) is 2.52. The Morgan fingerprint density at radius 2 is 1.91 bits per heavy atom. The van der Waals surface area contributed by atoms with Crippen LogP contribution >= 0.6 is 0 Å². The molecular formula is C17H24O5. The largest absolute Gasteiger partial charge is 0.367 e. The standard InChI is InChI=1S/C17H24O5/c1-4-10-6-7-13-11(5-2)14(18)19-15-17(13)12(10)8-9-16(3,20-15)21-22-17/h4-5,10-15,18H,1-2,6-9H2,3H3/t10?,11-,12?,13?,14-,15-,16?,17-/m1/s1. The topological polar surface area (TPSA) is 57.2 Å². The number of aliphatic hydroxyl groups is 1. The highest BCUT2D eigenvalue weighted by molar-refractivity contribution is 5.14. The highest BCUT2D eigenvalue weighted by Crippen LogP contribution is 2.60. The molecule has 1 N–H and O–H groups in total. The Morgan fingerprint density at radius 1 is 1.09 bits per heavy atom. The van der Waals surface area contributed by atoms with E-state index in [-0.39, 0.29) is 17.8 Å². The first-order valence-corrected chi connectivity index (χ1v) is 8.17. The molecule has 4 unspecified atom stereocenters. The van der Waals surface area contributed by atoms with Crippen LogP contribution in [0.15, 0.2) is 25.3 Å². The summed E-state index contributed by atoms with van der Waals surface area (Å²) in [5.74, 6) is -0.366. The van der Waals surface area contributed by atoms with Crippen LogP contribution in [0, 0.1) is 23.7 Å². The van der Waals surface area contributed by atoms with Gasteiger partial charge in [0.1, 0.15) is 0 Å². The number of aliphatic hydroxyl groups excluding tert-OH is 1. The number of hydrogen-bond donors (Lipinski definition) is 1. The molecule has 2 bridgehead atoms. The fourth-order valence-corrected chi connectivity index (χ4v) is 4.98. The number of hydrogen-bond acceptors (Lipinski definition) is 5. The lowest BCUT2D eigenvalue weighted by molar-refractivity contribution is -0.575. The second-order valence-electron chi connectivity index (χ2n) is 7.17. The van der Waals surface area contributed by atoms with Crippen LogP contribution in [0.2, 0.25) is 0 Å². The number of allylic oxidation sites excluding steroid dienone is 1. The highest BCUT2D eigenvalue weighted by Gasteiger charge is 2.69. The molecule has 0 radical (unpaired) electrons. The van der Waals surface area contributed by atoms with Crippen molar-refractivity contribution in [1.29, 1.82) is 0 Å². The second kappa shape index (κ2) is 4.89. The molecular weight excluding hydrogens is 284 g/mol. The molecule has 5 nitrogen and oxygen atoms in total. The van der Waals surface area contributed by atoms with Gasteiger partial charge in [-0.1, -0.05) is 12.2 Å². The minimum atomic E-state index is -0.911. The van der Waals surface area contributed by atoms with E-state index >= 15 is 0 Å². The Kier molecular flexibility index (Phi) is 3.30. The van der Waals surface area contributed by atoms with E-state index in [0.717, 1.165) is 25.7 Å². The van der Waals surface area contributed by atoms with Crippen molar-refractivity contribution in [2.45, 2.75) is 56.6 Å². The van der Waals surface area contributed by atoms with Crippen LogP contribution in [-0.4, -0.2) is 29.1 Å². The molecule has 1 spiro atoms. The predicted molar refractivity (Wildman–Crippen MR) is 78.1 cm³/mol. The van der Waals surface area contributed by atoms with Gasteiger partial charge in [0.2, 0.25) is 5.79 Å². The first kappa shape index (κ1) is 14.8. The zero-order chi connectivity index (χ0) is 15.5. The molecule has 5 rings (SSSR count). The zero-order valence-corrected chi connectivity index (χ0v) is 12.9. The highest BCUT2D eigenvalue weighted by atomic mass is 17.3. The van der Waals surface area contributed by atoms with E-state index in [4.69, 9.17) is 19.2 Å². The molecule has 1 saturated carbocycles. The van der Waals surface area contributed by atoms with Crippen molar-refractivity contribution >= 4 is 0 Å². The van der Waals surface area contributed by atoms with E-state index in [1.807, 2.05) is 13.0 Å². The number of fused-ring (bicyclic) bond motifs is 2. The summed E-state index contributed by atoms with van der Waals surface area (Å²) in [6.07, 6.45) is 5.88. The summed E-state index contributed by atoms with van der Waals surface area (Å²) in [5, 5.41) is 10.4. The molecule has 8 atom stereocenters. The molecule has 0 aromatic carbocycles. The minimum Gasteiger partial charge on any atom is -0.367 e. The van der Waals surface area contributed by atoms with Gasteiger partial charge in [-0.2, -0.15) is 0 Å². The lowest BCUT2D eigenvalue weighted by Gasteiger charge is -2.59. The summed E-state index contributed by atoms with van der Waals surface area (Å²) in [5.41, 5.74) is -0.689. The van der Waals surface area contributed by atoms with Gasteiger partial charge in [-0.15, -0.1) is 13.2 Å². The fraction of sp³-hybridized carbons (Fsp3) is 0.765. The first-order chi connectivity index (χ1) is 10.5. The Morgan fingerprint density at radius 3 is 2.64 bits per heavy atom. The monoisotopic (exact) mass is 308 g/mol. The smallest absolute Gasteiger partial charge is 0.201 e. The van der Waals surface area contributed by atoms with Crippen molar-refractivity contribution in [3.8, 4) is 0 Å². The van der Waals surface area contributed by atoms with E-state index in [1.54, 1.807) is 6.08 Å². The molecule has 4 heterocycles. The average molecular weight is 308 g/mol. The van der Waals surface area contributed by atoms with Crippen LogP contribution in [-0.2, 0) is 19.2 Å².